The molecule has 4 heterocycles. The van der Waals surface area contributed by atoms with Gasteiger partial charge in [-0.2, -0.15) is 5.06 Å². The molecule has 12 unspecified atom stereocenters. The third-order valence-corrected chi connectivity index (χ3v) is 15.5. The number of rotatable bonds is 11. The number of aliphatic hydroxyl groups excluding tert-OH is 2. The van der Waals surface area contributed by atoms with Crippen molar-refractivity contribution >= 4 is 23.9 Å². The largest absolute Gasteiger partial charge is 0.458 e. The minimum atomic E-state index is -1.63. The molecule has 0 spiro atoms. The highest BCUT2D eigenvalue weighted by Gasteiger charge is 2.77. The molecule has 12 atom stereocenters. The molecule has 63 heavy (non-hydrogen) atoms. The van der Waals surface area contributed by atoms with Crippen molar-refractivity contribution < 1.29 is 48.4 Å². The Balaban J connectivity index is 1.03. The number of allylic oxidation sites excluding steroid dienone is 1. The van der Waals surface area contributed by atoms with Crippen LogP contribution in [0.1, 0.15) is 88.5 Å². The summed E-state index contributed by atoms with van der Waals surface area (Å²) in [4.78, 5) is 50.2. The Kier molecular flexibility index (Phi) is 10.7. The molecule has 7 aliphatic rings. The van der Waals surface area contributed by atoms with E-state index in [-0.39, 0.29) is 43.2 Å². The number of esters is 1. The van der Waals surface area contributed by atoms with Crippen LogP contribution in [0.2, 0.25) is 0 Å². The first-order chi connectivity index (χ1) is 30.3. The van der Waals surface area contributed by atoms with Crippen LogP contribution in [0.25, 0.3) is 6.08 Å². The van der Waals surface area contributed by atoms with E-state index >= 15 is 4.79 Å². The predicted octanol–water partition coefficient (Wildman–Crippen LogP) is 4.92. The molecular formula is C50H59N3O10. The number of hydroxylamine groups is 2. The van der Waals surface area contributed by atoms with Crippen molar-refractivity contribution in [3.63, 3.8) is 0 Å². The number of benzene rings is 3. The molecule has 7 fully saturated rings. The molecule has 2 bridgehead atoms. The van der Waals surface area contributed by atoms with Crippen molar-refractivity contribution in [2.24, 2.45) is 22.7 Å². The molecule has 0 radical (unpaired) electrons. The van der Waals surface area contributed by atoms with Gasteiger partial charge in [-0.25, -0.2) is 0 Å². The van der Waals surface area contributed by atoms with Gasteiger partial charge in [-0.05, 0) is 74.3 Å². The standard InChI is InChI=1S/C50H59N3O10/c1-29(55)39(44(56)51-23-24-54)52-46(58)49-27-37-40-41(62-50(61-40,33-15-7-5-8-16-33)34-17-9-6-10-18-34)43(49)63-53(42(49)45(57)59-37)28-32-14-12-11-13-30(32)25-31-19-20-38-48(4,60-38)22-21-36-35(31)26-47(36,2)3/h5-18,25,29,35-43,54-55H,19-24,26-28H2,1-4H3,(H,51,56)(H,52,58). The van der Waals surface area contributed by atoms with Crippen LogP contribution < -0.4 is 10.6 Å². The van der Waals surface area contributed by atoms with E-state index in [4.69, 9.17) is 23.8 Å². The first-order valence-corrected chi connectivity index (χ1v) is 22.7. The Labute approximate surface area is 368 Å². The van der Waals surface area contributed by atoms with Gasteiger partial charge in [0, 0.05) is 24.1 Å². The van der Waals surface area contributed by atoms with Gasteiger partial charge in [-0.15, -0.1) is 0 Å². The number of carbonyl (C=O) groups is 3. The van der Waals surface area contributed by atoms with Crippen molar-refractivity contribution in [1.29, 1.82) is 0 Å². The summed E-state index contributed by atoms with van der Waals surface area (Å²) in [6.45, 7) is 8.16. The van der Waals surface area contributed by atoms with Crippen LogP contribution in [0, 0.1) is 22.7 Å². The number of hydrogen-bond acceptors (Lipinski definition) is 11. The summed E-state index contributed by atoms with van der Waals surface area (Å²) >= 11 is 0. The maximum absolute atomic E-state index is 15.2. The molecule has 0 aromatic heterocycles. The molecule has 3 aromatic rings. The second kappa shape index (κ2) is 15.9. The van der Waals surface area contributed by atoms with Crippen LogP contribution in [-0.4, -0.2) is 101 Å². The summed E-state index contributed by atoms with van der Waals surface area (Å²) in [6, 6.07) is 24.6. The molecule has 13 nitrogen and oxygen atoms in total. The van der Waals surface area contributed by atoms with Crippen LogP contribution in [0.4, 0.5) is 0 Å². The smallest absolute Gasteiger partial charge is 0.327 e. The Morgan fingerprint density at radius 3 is 2.27 bits per heavy atom. The summed E-state index contributed by atoms with van der Waals surface area (Å²) in [5.41, 5.74) is 3.35. The topological polar surface area (TPSA) is 168 Å². The van der Waals surface area contributed by atoms with Gasteiger partial charge in [-0.3, -0.25) is 19.2 Å². The quantitative estimate of drug-likeness (QED) is 0.153. The van der Waals surface area contributed by atoms with Crippen molar-refractivity contribution in [2.75, 3.05) is 13.2 Å². The van der Waals surface area contributed by atoms with Crippen molar-refractivity contribution in [3.8, 4) is 0 Å². The number of carbonyl (C=O) groups excluding carboxylic acids is 3. The SMILES string of the molecule is CC(O)C(NC(=O)C12CC3OC(=O)C1N(Cc1ccccc1C=C1CCC4OC4(C)CCC4C1CC4(C)C)OC2C1OC(c2ccccc2)(c2ccccc2)OC31)C(=O)NCCO. The molecule has 3 aromatic carbocycles. The molecule has 2 amide bonds. The van der Waals surface area contributed by atoms with E-state index in [9.17, 15) is 19.8 Å². The van der Waals surface area contributed by atoms with Crippen LogP contribution >= 0.6 is 0 Å². The third-order valence-electron chi connectivity index (χ3n) is 15.5. The van der Waals surface area contributed by atoms with E-state index in [2.05, 4.69) is 43.5 Å². The minimum absolute atomic E-state index is 0.0120. The lowest BCUT2D eigenvalue weighted by Gasteiger charge is -2.53. The first-order valence-electron chi connectivity index (χ1n) is 22.7. The molecule has 4 saturated heterocycles. The Hall–Kier alpha value is -4.47. The highest BCUT2D eigenvalue weighted by atomic mass is 16.8. The lowest BCUT2D eigenvalue weighted by atomic mass is 9.52. The molecule has 13 heteroatoms. The van der Waals surface area contributed by atoms with Gasteiger partial charge in [-0.1, -0.05) is 110 Å². The van der Waals surface area contributed by atoms with E-state index in [0.29, 0.717) is 23.0 Å². The number of epoxide rings is 1. The van der Waals surface area contributed by atoms with Crippen molar-refractivity contribution in [3.05, 3.63) is 113 Å². The normalized spacial score (nSPS) is 36.2. The summed E-state index contributed by atoms with van der Waals surface area (Å²) in [5, 5.41) is 27.2. The maximum atomic E-state index is 15.2. The second-order valence-electron chi connectivity index (χ2n) is 19.8. The first kappa shape index (κ1) is 42.5. The Morgan fingerprint density at radius 2 is 1.59 bits per heavy atom. The Morgan fingerprint density at radius 1 is 0.905 bits per heavy atom. The van der Waals surface area contributed by atoms with E-state index in [1.165, 1.54) is 12.5 Å². The van der Waals surface area contributed by atoms with Crippen LogP contribution in [0.3, 0.4) is 0 Å². The van der Waals surface area contributed by atoms with Gasteiger partial charge >= 0.3 is 5.97 Å². The highest BCUT2D eigenvalue weighted by molar-refractivity contribution is 5.96. The minimum Gasteiger partial charge on any atom is -0.458 e. The van der Waals surface area contributed by atoms with Gasteiger partial charge in [0.2, 0.25) is 17.6 Å². The Bertz CT molecular complexity index is 2230. The van der Waals surface area contributed by atoms with Crippen LogP contribution in [0.15, 0.2) is 90.5 Å². The van der Waals surface area contributed by atoms with Gasteiger partial charge in [0.15, 0.2) is 6.04 Å². The molecule has 334 valence electrons. The number of aliphatic hydroxyl groups is 2. The van der Waals surface area contributed by atoms with E-state index < -0.39 is 71.6 Å². The van der Waals surface area contributed by atoms with Crippen molar-refractivity contribution in [1.82, 2.24) is 15.7 Å². The zero-order valence-electron chi connectivity index (χ0n) is 36.4. The predicted molar refractivity (Wildman–Crippen MR) is 230 cm³/mol. The lowest BCUT2D eigenvalue weighted by Crippen LogP contribution is -2.71. The number of fused-ring (bicyclic) bond motifs is 6. The second-order valence-corrected chi connectivity index (χ2v) is 19.8. The van der Waals surface area contributed by atoms with E-state index in [1.807, 2.05) is 78.9 Å². The lowest BCUT2D eigenvalue weighted by molar-refractivity contribution is -0.213. The fourth-order valence-corrected chi connectivity index (χ4v) is 12.1. The number of ether oxygens (including phenoxy) is 4. The zero-order chi connectivity index (χ0) is 43.9. The van der Waals surface area contributed by atoms with Crippen LogP contribution in [0.5, 0.6) is 0 Å². The maximum Gasteiger partial charge on any atom is 0.327 e. The average molecular weight is 862 g/mol. The summed E-state index contributed by atoms with van der Waals surface area (Å²) in [7, 11) is 0. The summed E-state index contributed by atoms with van der Waals surface area (Å²) in [6.07, 6.45) is 2.81. The van der Waals surface area contributed by atoms with Crippen LogP contribution in [-0.2, 0) is 50.5 Å². The van der Waals surface area contributed by atoms with Gasteiger partial charge < -0.3 is 39.8 Å². The van der Waals surface area contributed by atoms with Gasteiger partial charge in [0.25, 0.3) is 0 Å². The third kappa shape index (κ3) is 7.06. The number of amides is 2. The van der Waals surface area contributed by atoms with E-state index in [1.54, 1.807) is 5.06 Å². The average Bonchev–Trinajstić information content (AvgIpc) is 3.55. The van der Waals surface area contributed by atoms with Crippen molar-refractivity contribution in [2.45, 2.75) is 133 Å². The van der Waals surface area contributed by atoms with Gasteiger partial charge in [0.05, 0.1) is 31.0 Å². The molecule has 3 aliphatic carbocycles. The number of nitrogens with one attached hydrogen (secondary N) is 2. The summed E-state index contributed by atoms with van der Waals surface area (Å²) in [5.74, 6) is -2.39. The molecule has 4 N–H and O–H groups in total. The summed E-state index contributed by atoms with van der Waals surface area (Å²) < 4.78 is 26.7. The monoisotopic (exact) mass is 861 g/mol. The fraction of sp³-hybridized carbons (Fsp3) is 0.540. The zero-order valence-corrected chi connectivity index (χ0v) is 36.4. The highest BCUT2D eigenvalue weighted by Crippen LogP contribution is 2.61. The van der Waals surface area contributed by atoms with E-state index in [0.717, 1.165) is 43.2 Å². The van der Waals surface area contributed by atoms with Gasteiger partial charge in [0.1, 0.15) is 35.9 Å². The molecule has 10 rings (SSSR count). The molecule has 4 aliphatic heterocycles. The molecule has 3 saturated carbocycles. The fourth-order valence-electron chi connectivity index (χ4n) is 12.1. The number of hydrogen-bond donors (Lipinski definition) is 4. The number of nitrogens with zero attached hydrogens (tertiary/aromatic N) is 1. The molecular weight excluding hydrogens is 803 g/mol.